The predicted octanol–water partition coefficient (Wildman–Crippen LogP) is 6.05. The lowest BCUT2D eigenvalue weighted by Gasteiger charge is -2.25. The molecule has 1 aromatic heterocycles. The maximum atomic E-state index is 13.2. The van der Waals surface area contributed by atoms with Gasteiger partial charge in [0.05, 0.1) is 16.8 Å². The number of carboxylic acid groups (broad SMARTS) is 1. The number of rotatable bonds is 10. The Morgan fingerprint density at radius 2 is 1.79 bits per heavy atom. The third kappa shape index (κ3) is 7.08. The molecule has 2 aromatic carbocycles. The number of aromatic carboxylic acids is 1. The minimum atomic E-state index is -0.979. The van der Waals surface area contributed by atoms with E-state index in [2.05, 4.69) is 42.5 Å². The van der Waals surface area contributed by atoms with Crippen LogP contribution in [0, 0.1) is 0 Å². The van der Waals surface area contributed by atoms with E-state index in [1.165, 1.54) is 24.8 Å². The van der Waals surface area contributed by atoms with Crippen LogP contribution < -0.4 is 5.32 Å². The number of hydrogen-bond donors (Lipinski definition) is 2. The lowest BCUT2D eigenvalue weighted by molar-refractivity contribution is -0.155. The summed E-state index contributed by atoms with van der Waals surface area (Å²) >= 11 is 0. The molecule has 1 aliphatic carbocycles. The first-order valence-corrected chi connectivity index (χ1v) is 14.1. The summed E-state index contributed by atoms with van der Waals surface area (Å²) in [5, 5.41) is 14.4. The van der Waals surface area contributed by atoms with Crippen molar-refractivity contribution < 1.29 is 19.4 Å². The third-order valence-corrected chi connectivity index (χ3v) is 7.40. The molecule has 0 aliphatic heterocycles. The molecule has 0 amide bonds. The molecule has 210 valence electrons. The van der Waals surface area contributed by atoms with Gasteiger partial charge >= 0.3 is 11.9 Å². The Morgan fingerprint density at radius 1 is 1.08 bits per heavy atom. The van der Waals surface area contributed by atoms with Gasteiger partial charge in [0.15, 0.2) is 0 Å². The largest absolute Gasteiger partial charge is 0.478 e. The van der Waals surface area contributed by atoms with Crippen LogP contribution in [0.1, 0.15) is 80.3 Å². The number of nitrogens with one attached hydrogen (secondary N) is 1. The highest BCUT2D eigenvalue weighted by molar-refractivity contribution is 5.99. The molecule has 1 aliphatic rings. The van der Waals surface area contributed by atoms with E-state index in [1.807, 2.05) is 37.5 Å². The highest BCUT2D eigenvalue weighted by Gasteiger charge is 2.29. The number of likely N-dealkylation sites (N-methyl/N-ethyl adjacent to an activating group) is 1. The van der Waals surface area contributed by atoms with Gasteiger partial charge in [-0.05, 0) is 76.9 Å². The summed E-state index contributed by atoms with van der Waals surface area (Å²) < 4.78 is 7.77. The first kappa shape index (κ1) is 28.8. The molecule has 1 heterocycles. The SMILES string of the molecule is CN(C)CCNCc1ccccc1-c1c(C2CCCCC2)c2ccc(C(=O)O)cc2n1CC(=O)OC(C)(C)C. The fraction of sp³-hybridized carbons (Fsp3) is 0.500. The molecule has 0 unspecified atom stereocenters. The second-order valence-corrected chi connectivity index (χ2v) is 11.9. The van der Waals surface area contributed by atoms with Gasteiger partial charge in [-0.3, -0.25) is 4.79 Å². The topological polar surface area (TPSA) is 83.8 Å². The highest BCUT2D eigenvalue weighted by Crippen LogP contribution is 2.45. The van der Waals surface area contributed by atoms with Gasteiger partial charge in [0, 0.05) is 30.6 Å². The number of aromatic nitrogens is 1. The van der Waals surface area contributed by atoms with Crippen LogP contribution in [0.15, 0.2) is 42.5 Å². The number of hydrogen-bond acceptors (Lipinski definition) is 5. The van der Waals surface area contributed by atoms with E-state index >= 15 is 0 Å². The van der Waals surface area contributed by atoms with E-state index < -0.39 is 11.6 Å². The van der Waals surface area contributed by atoms with Gasteiger partial charge in [0.1, 0.15) is 12.1 Å². The molecule has 0 spiro atoms. The van der Waals surface area contributed by atoms with Crippen LogP contribution in [0.25, 0.3) is 22.2 Å². The fourth-order valence-electron chi connectivity index (χ4n) is 5.70. The lowest BCUT2D eigenvalue weighted by Crippen LogP contribution is -2.27. The number of carbonyl (C=O) groups is 2. The maximum absolute atomic E-state index is 13.2. The Hall–Kier alpha value is -3.16. The average molecular weight is 534 g/mol. The number of benzene rings is 2. The van der Waals surface area contributed by atoms with Crippen LogP contribution in [-0.4, -0.2) is 59.3 Å². The molecule has 1 saturated carbocycles. The number of carbonyl (C=O) groups excluding carboxylic acids is 1. The molecule has 7 nitrogen and oxygen atoms in total. The summed E-state index contributed by atoms with van der Waals surface area (Å²) in [5.74, 6) is -0.965. The van der Waals surface area contributed by atoms with Gasteiger partial charge in [-0.15, -0.1) is 0 Å². The molecule has 3 aromatic rings. The molecule has 4 rings (SSSR count). The van der Waals surface area contributed by atoms with Gasteiger partial charge in [-0.2, -0.15) is 0 Å². The van der Waals surface area contributed by atoms with E-state index in [4.69, 9.17) is 4.74 Å². The van der Waals surface area contributed by atoms with Crippen molar-refractivity contribution >= 4 is 22.8 Å². The minimum Gasteiger partial charge on any atom is -0.478 e. The van der Waals surface area contributed by atoms with E-state index in [9.17, 15) is 14.7 Å². The van der Waals surface area contributed by atoms with Gasteiger partial charge in [0.25, 0.3) is 0 Å². The molecule has 2 N–H and O–H groups in total. The van der Waals surface area contributed by atoms with Crippen LogP contribution in [0.5, 0.6) is 0 Å². The van der Waals surface area contributed by atoms with Crippen molar-refractivity contribution in [3.8, 4) is 11.3 Å². The van der Waals surface area contributed by atoms with Crippen LogP contribution in [-0.2, 0) is 22.6 Å². The quantitative estimate of drug-likeness (QED) is 0.244. The Bertz CT molecular complexity index is 1310. The van der Waals surface area contributed by atoms with Gasteiger partial charge < -0.3 is 24.6 Å². The molecule has 0 atom stereocenters. The van der Waals surface area contributed by atoms with Crippen LogP contribution in [0.2, 0.25) is 0 Å². The molecule has 1 fully saturated rings. The zero-order valence-electron chi connectivity index (χ0n) is 24.0. The normalized spacial score (nSPS) is 14.7. The van der Waals surface area contributed by atoms with E-state index in [-0.39, 0.29) is 18.1 Å². The van der Waals surface area contributed by atoms with Crippen molar-refractivity contribution in [2.75, 3.05) is 27.2 Å². The summed E-state index contributed by atoms with van der Waals surface area (Å²) in [6.07, 6.45) is 5.75. The van der Waals surface area contributed by atoms with E-state index in [0.29, 0.717) is 12.5 Å². The summed E-state index contributed by atoms with van der Waals surface area (Å²) in [4.78, 5) is 27.4. The van der Waals surface area contributed by atoms with Crippen molar-refractivity contribution in [1.82, 2.24) is 14.8 Å². The standard InChI is InChI=1S/C32H43N3O4/c1-32(2,3)39-28(36)21-35-27-19-23(31(37)38)15-16-26(27)29(22-11-7-6-8-12-22)30(35)25-14-10-9-13-24(25)20-33-17-18-34(4)5/h9-10,13-16,19,22,33H,6-8,11-12,17-18,20-21H2,1-5H3,(H,37,38). The van der Waals surface area contributed by atoms with E-state index in [1.54, 1.807) is 12.1 Å². The number of fused-ring (bicyclic) bond motifs is 1. The van der Waals surface area contributed by atoms with Gasteiger partial charge in [-0.25, -0.2) is 4.79 Å². The van der Waals surface area contributed by atoms with Crippen molar-refractivity contribution in [2.24, 2.45) is 0 Å². The Kier molecular flexibility index (Phi) is 9.13. The number of esters is 1. The van der Waals surface area contributed by atoms with E-state index in [0.717, 1.165) is 53.7 Å². The summed E-state index contributed by atoms with van der Waals surface area (Å²) in [7, 11) is 4.12. The van der Waals surface area contributed by atoms with Gasteiger partial charge in [-0.1, -0.05) is 49.6 Å². The smallest absolute Gasteiger partial charge is 0.335 e. The summed E-state index contributed by atoms with van der Waals surface area (Å²) in [6, 6.07) is 13.7. The molecule has 7 heteroatoms. The van der Waals surface area contributed by atoms with Crippen molar-refractivity contribution in [1.29, 1.82) is 0 Å². The number of ether oxygens (including phenoxy) is 1. The van der Waals surface area contributed by atoms with Crippen LogP contribution in [0.4, 0.5) is 0 Å². The van der Waals surface area contributed by atoms with Crippen LogP contribution in [0.3, 0.4) is 0 Å². The average Bonchev–Trinajstić information content (AvgIpc) is 3.19. The maximum Gasteiger partial charge on any atom is 0.335 e. The second kappa shape index (κ2) is 12.3. The first-order chi connectivity index (χ1) is 18.5. The third-order valence-electron chi connectivity index (χ3n) is 7.40. The van der Waals surface area contributed by atoms with Gasteiger partial charge in [0.2, 0.25) is 0 Å². The Labute approximate surface area is 232 Å². The van der Waals surface area contributed by atoms with Crippen molar-refractivity contribution in [3.05, 3.63) is 59.2 Å². The Morgan fingerprint density at radius 3 is 2.46 bits per heavy atom. The van der Waals surface area contributed by atoms with Crippen LogP contribution >= 0.6 is 0 Å². The van der Waals surface area contributed by atoms with Crippen molar-refractivity contribution in [2.45, 2.75) is 77.5 Å². The summed E-state index contributed by atoms with van der Waals surface area (Å²) in [6.45, 7) is 8.11. The Balaban J connectivity index is 1.92. The highest BCUT2D eigenvalue weighted by atomic mass is 16.6. The molecular formula is C32H43N3O4. The fourth-order valence-corrected chi connectivity index (χ4v) is 5.70. The molecule has 0 saturated heterocycles. The molecule has 39 heavy (non-hydrogen) atoms. The zero-order chi connectivity index (χ0) is 28.2. The second-order valence-electron chi connectivity index (χ2n) is 11.9. The monoisotopic (exact) mass is 533 g/mol. The first-order valence-electron chi connectivity index (χ1n) is 14.1. The summed E-state index contributed by atoms with van der Waals surface area (Å²) in [5.41, 5.74) is 4.83. The molecular weight excluding hydrogens is 490 g/mol. The minimum absolute atomic E-state index is 0.0152. The predicted molar refractivity (Wildman–Crippen MR) is 156 cm³/mol. The zero-order valence-corrected chi connectivity index (χ0v) is 24.0. The number of carboxylic acids is 1. The molecule has 0 bridgehead atoms. The van der Waals surface area contributed by atoms with Crippen molar-refractivity contribution in [3.63, 3.8) is 0 Å². The lowest BCUT2D eigenvalue weighted by atomic mass is 9.81. The molecule has 0 radical (unpaired) electrons. The number of nitrogens with zero attached hydrogens (tertiary/aromatic N) is 2.